The number of carbonyl (C=O) groups is 2. The van der Waals surface area contributed by atoms with Crippen LogP contribution >= 0.6 is 0 Å². The number of benzene rings is 1. The fourth-order valence-electron chi connectivity index (χ4n) is 3.09. The standard InChI is InChI=1S/C21H22FN3O3/c1-28-18-7-5-15(14-17(18)22)6-8-20(26)25-12-9-16(10-13-25)21(27)24-19-4-2-3-11-23-19/h2-8,11,14,16H,9-10,12-13H2,1H3,(H,23,24,27). The molecule has 0 atom stereocenters. The lowest BCUT2D eigenvalue weighted by atomic mass is 9.96. The Balaban J connectivity index is 1.50. The number of piperidine rings is 1. The first-order chi connectivity index (χ1) is 13.6. The van der Waals surface area contributed by atoms with Gasteiger partial charge in [0, 0.05) is 31.3 Å². The quantitative estimate of drug-likeness (QED) is 0.806. The summed E-state index contributed by atoms with van der Waals surface area (Å²) < 4.78 is 18.6. The summed E-state index contributed by atoms with van der Waals surface area (Å²) in [6, 6.07) is 9.85. The summed E-state index contributed by atoms with van der Waals surface area (Å²) in [4.78, 5) is 30.5. The van der Waals surface area contributed by atoms with Gasteiger partial charge in [-0.3, -0.25) is 9.59 Å². The van der Waals surface area contributed by atoms with E-state index in [1.54, 1.807) is 35.4 Å². The van der Waals surface area contributed by atoms with Gasteiger partial charge in [-0.25, -0.2) is 9.37 Å². The molecule has 2 heterocycles. The van der Waals surface area contributed by atoms with E-state index in [0.29, 0.717) is 37.3 Å². The van der Waals surface area contributed by atoms with Crippen LogP contribution in [0.2, 0.25) is 0 Å². The van der Waals surface area contributed by atoms with E-state index in [2.05, 4.69) is 10.3 Å². The van der Waals surface area contributed by atoms with Crippen molar-refractivity contribution < 1.29 is 18.7 Å². The van der Waals surface area contributed by atoms with Gasteiger partial charge in [0.25, 0.3) is 0 Å². The van der Waals surface area contributed by atoms with Crippen LogP contribution in [0.3, 0.4) is 0 Å². The zero-order valence-corrected chi connectivity index (χ0v) is 15.6. The van der Waals surface area contributed by atoms with E-state index in [0.717, 1.165) is 0 Å². The third kappa shape index (κ3) is 4.94. The van der Waals surface area contributed by atoms with Gasteiger partial charge in [0.2, 0.25) is 11.8 Å². The maximum atomic E-state index is 13.7. The molecule has 6 nitrogen and oxygen atoms in total. The van der Waals surface area contributed by atoms with Crippen molar-refractivity contribution in [3.05, 3.63) is 60.1 Å². The van der Waals surface area contributed by atoms with Gasteiger partial charge < -0.3 is 15.0 Å². The fourth-order valence-corrected chi connectivity index (χ4v) is 3.09. The minimum Gasteiger partial charge on any atom is -0.494 e. The maximum absolute atomic E-state index is 13.7. The number of halogens is 1. The lowest BCUT2D eigenvalue weighted by Crippen LogP contribution is -2.40. The second-order valence-corrected chi connectivity index (χ2v) is 6.53. The predicted octanol–water partition coefficient (Wildman–Crippen LogP) is 3.12. The Morgan fingerprint density at radius 2 is 2.04 bits per heavy atom. The molecule has 1 aromatic carbocycles. The van der Waals surface area contributed by atoms with Crippen molar-refractivity contribution in [1.82, 2.24) is 9.88 Å². The largest absolute Gasteiger partial charge is 0.494 e. The van der Waals surface area contributed by atoms with Gasteiger partial charge >= 0.3 is 0 Å². The van der Waals surface area contributed by atoms with Crippen LogP contribution in [-0.2, 0) is 9.59 Å². The van der Waals surface area contributed by atoms with E-state index in [1.165, 1.54) is 25.3 Å². The van der Waals surface area contributed by atoms with Crippen molar-refractivity contribution in [3.63, 3.8) is 0 Å². The van der Waals surface area contributed by atoms with Gasteiger partial charge in [-0.05, 0) is 48.7 Å². The number of methoxy groups -OCH3 is 1. The molecule has 1 aromatic heterocycles. The summed E-state index contributed by atoms with van der Waals surface area (Å²) >= 11 is 0. The van der Waals surface area contributed by atoms with E-state index in [4.69, 9.17) is 4.74 Å². The number of anilines is 1. The second kappa shape index (κ2) is 9.12. The minimum absolute atomic E-state index is 0.0740. The Morgan fingerprint density at radius 3 is 2.68 bits per heavy atom. The van der Waals surface area contributed by atoms with Crippen molar-refractivity contribution in [3.8, 4) is 5.75 Å². The zero-order valence-electron chi connectivity index (χ0n) is 15.6. The molecular formula is C21H22FN3O3. The zero-order chi connectivity index (χ0) is 19.9. The van der Waals surface area contributed by atoms with E-state index < -0.39 is 5.82 Å². The lowest BCUT2D eigenvalue weighted by molar-refractivity contribution is -0.130. The maximum Gasteiger partial charge on any atom is 0.246 e. The predicted molar refractivity (Wildman–Crippen MR) is 104 cm³/mol. The van der Waals surface area contributed by atoms with Crippen LogP contribution in [0.25, 0.3) is 6.08 Å². The van der Waals surface area contributed by atoms with Gasteiger partial charge in [0.15, 0.2) is 11.6 Å². The molecule has 2 aromatic rings. The van der Waals surface area contributed by atoms with E-state index in [9.17, 15) is 14.0 Å². The van der Waals surface area contributed by atoms with Crippen molar-refractivity contribution in [2.45, 2.75) is 12.8 Å². The average Bonchev–Trinajstić information content (AvgIpc) is 2.73. The SMILES string of the molecule is COc1ccc(C=CC(=O)N2CCC(C(=O)Nc3ccccn3)CC2)cc1F. The van der Waals surface area contributed by atoms with E-state index in [1.807, 2.05) is 6.07 Å². The number of likely N-dealkylation sites (tertiary alicyclic amines) is 1. The highest BCUT2D eigenvalue weighted by molar-refractivity contribution is 5.93. The molecular weight excluding hydrogens is 361 g/mol. The number of nitrogens with zero attached hydrogens (tertiary/aromatic N) is 2. The van der Waals surface area contributed by atoms with Crippen LogP contribution in [0, 0.1) is 11.7 Å². The van der Waals surface area contributed by atoms with Gasteiger partial charge in [0.05, 0.1) is 7.11 Å². The number of nitrogens with one attached hydrogen (secondary N) is 1. The Kier molecular flexibility index (Phi) is 6.37. The number of pyridine rings is 1. The molecule has 1 aliphatic heterocycles. The van der Waals surface area contributed by atoms with Crippen molar-refractivity contribution in [2.75, 3.05) is 25.5 Å². The minimum atomic E-state index is -0.475. The van der Waals surface area contributed by atoms with Crippen LogP contribution in [-0.4, -0.2) is 41.9 Å². The Labute approximate surface area is 163 Å². The van der Waals surface area contributed by atoms with E-state index in [-0.39, 0.29) is 23.5 Å². The Bertz CT molecular complexity index is 862. The van der Waals surface area contributed by atoms with Crippen LogP contribution < -0.4 is 10.1 Å². The summed E-state index contributed by atoms with van der Waals surface area (Å²) in [5.41, 5.74) is 0.580. The summed E-state index contributed by atoms with van der Waals surface area (Å²) in [5, 5.41) is 2.80. The molecule has 3 rings (SSSR count). The molecule has 1 fully saturated rings. The first-order valence-electron chi connectivity index (χ1n) is 9.09. The molecule has 1 aliphatic rings. The third-order valence-electron chi connectivity index (χ3n) is 4.69. The molecule has 7 heteroatoms. The van der Waals surface area contributed by atoms with Gasteiger partial charge in [0.1, 0.15) is 5.82 Å². The molecule has 0 aliphatic carbocycles. The monoisotopic (exact) mass is 383 g/mol. The number of carbonyl (C=O) groups excluding carboxylic acids is 2. The number of rotatable bonds is 5. The normalized spacial score (nSPS) is 14.9. The van der Waals surface area contributed by atoms with Crippen LogP contribution in [0.5, 0.6) is 5.75 Å². The highest BCUT2D eigenvalue weighted by Crippen LogP contribution is 2.21. The number of amides is 2. The lowest BCUT2D eigenvalue weighted by Gasteiger charge is -2.30. The molecule has 0 unspecified atom stereocenters. The van der Waals surface area contributed by atoms with E-state index >= 15 is 0 Å². The third-order valence-corrected chi connectivity index (χ3v) is 4.69. The molecule has 1 N–H and O–H groups in total. The van der Waals surface area contributed by atoms with Crippen molar-refractivity contribution in [1.29, 1.82) is 0 Å². The molecule has 0 radical (unpaired) electrons. The first kappa shape index (κ1) is 19.5. The molecule has 0 spiro atoms. The van der Waals surface area contributed by atoms with Crippen molar-refractivity contribution in [2.24, 2.45) is 5.92 Å². The van der Waals surface area contributed by atoms with Crippen LogP contribution in [0.1, 0.15) is 18.4 Å². The number of hydrogen-bond donors (Lipinski definition) is 1. The molecule has 0 bridgehead atoms. The fraction of sp³-hybridized carbons (Fsp3) is 0.286. The summed E-state index contributed by atoms with van der Waals surface area (Å²) in [7, 11) is 1.40. The highest BCUT2D eigenvalue weighted by atomic mass is 19.1. The number of ether oxygens (including phenoxy) is 1. The van der Waals surface area contributed by atoms with Crippen LogP contribution in [0.4, 0.5) is 10.2 Å². The van der Waals surface area contributed by atoms with Gasteiger partial charge in [-0.15, -0.1) is 0 Å². The van der Waals surface area contributed by atoms with Gasteiger partial charge in [-0.1, -0.05) is 12.1 Å². The smallest absolute Gasteiger partial charge is 0.246 e. The number of aromatic nitrogens is 1. The van der Waals surface area contributed by atoms with Crippen molar-refractivity contribution >= 4 is 23.7 Å². The summed E-state index contributed by atoms with van der Waals surface area (Å²) in [5.74, 6) is -0.160. The molecule has 1 saturated heterocycles. The topological polar surface area (TPSA) is 71.5 Å². The molecule has 0 saturated carbocycles. The second-order valence-electron chi connectivity index (χ2n) is 6.53. The summed E-state index contributed by atoms with van der Waals surface area (Å²) in [6.45, 7) is 1.00. The molecule has 2 amide bonds. The Hall–Kier alpha value is -3.22. The van der Waals surface area contributed by atoms with Gasteiger partial charge in [-0.2, -0.15) is 0 Å². The average molecular weight is 383 g/mol. The Morgan fingerprint density at radius 1 is 1.25 bits per heavy atom. The molecule has 28 heavy (non-hydrogen) atoms. The number of hydrogen-bond acceptors (Lipinski definition) is 4. The van der Waals surface area contributed by atoms with Crippen LogP contribution in [0.15, 0.2) is 48.7 Å². The first-order valence-corrected chi connectivity index (χ1v) is 9.09. The molecule has 146 valence electrons. The highest BCUT2D eigenvalue weighted by Gasteiger charge is 2.26. The summed E-state index contributed by atoms with van der Waals surface area (Å²) in [6.07, 6.45) is 5.81.